The van der Waals surface area contributed by atoms with Crippen LogP contribution in [0.1, 0.15) is 46.0 Å². The van der Waals surface area contributed by atoms with Gasteiger partial charge in [-0.15, -0.1) is 0 Å². The Morgan fingerprint density at radius 2 is 1.73 bits per heavy atom. The normalized spacial score (nSPS) is 39.5. The molecule has 0 aromatic rings. The van der Waals surface area contributed by atoms with Crippen molar-refractivity contribution in [1.29, 1.82) is 0 Å². The molecule has 4 aliphatic carbocycles. The van der Waals surface area contributed by atoms with Gasteiger partial charge in [0, 0.05) is 16.7 Å². The predicted molar refractivity (Wildman–Crippen MR) is 127 cm³/mol. The molecule has 12 heteroatoms. The number of rotatable bonds is 5. The first-order valence-corrected chi connectivity index (χ1v) is 12.6. The number of halogens is 1. The summed E-state index contributed by atoms with van der Waals surface area (Å²) in [6.45, 7) is 4.01. The second-order valence-corrected chi connectivity index (χ2v) is 10.9. The van der Waals surface area contributed by atoms with Crippen LogP contribution >= 0.6 is 11.6 Å². The molecular weight excluding hydrogens is 512 g/mol. The lowest BCUT2D eigenvalue weighted by atomic mass is 9.46. The summed E-state index contributed by atoms with van der Waals surface area (Å²) in [5.41, 5.74) is -1.63. The number of carboxylic acids is 2. The van der Waals surface area contributed by atoms with Gasteiger partial charge in [0.05, 0.1) is 6.10 Å². The van der Waals surface area contributed by atoms with Gasteiger partial charge in [-0.3, -0.25) is 4.79 Å². The third kappa shape index (κ3) is 4.83. The van der Waals surface area contributed by atoms with E-state index in [1.165, 1.54) is 0 Å². The topological polar surface area (TPSA) is 199 Å². The highest BCUT2D eigenvalue weighted by molar-refractivity contribution is 6.17. The molecule has 0 spiro atoms. The Balaban J connectivity index is 0.000000325. The number of aliphatic hydroxyl groups excluding tert-OH is 3. The Hall–Kier alpha value is -2.31. The molecule has 0 bridgehead atoms. The van der Waals surface area contributed by atoms with Gasteiger partial charge >= 0.3 is 17.9 Å². The first kappa shape index (κ1) is 29.2. The maximum atomic E-state index is 12.5. The van der Waals surface area contributed by atoms with E-state index in [-0.39, 0.29) is 35.0 Å². The molecule has 0 radical (unpaired) electrons. The molecule has 3 fully saturated rings. The molecule has 0 aromatic heterocycles. The maximum absolute atomic E-state index is 12.5. The van der Waals surface area contributed by atoms with Gasteiger partial charge in [-0.25, -0.2) is 14.4 Å². The number of esters is 1. The molecule has 0 saturated heterocycles. The zero-order chi connectivity index (χ0) is 27.9. The van der Waals surface area contributed by atoms with E-state index in [9.17, 15) is 29.4 Å². The van der Waals surface area contributed by atoms with Crippen molar-refractivity contribution in [1.82, 2.24) is 0 Å². The van der Waals surface area contributed by atoms with Gasteiger partial charge in [-0.05, 0) is 56.1 Å². The van der Waals surface area contributed by atoms with Crippen molar-refractivity contribution in [3.05, 3.63) is 23.8 Å². The molecule has 3 saturated carbocycles. The van der Waals surface area contributed by atoms with Crippen LogP contribution < -0.4 is 0 Å². The number of carbonyl (C=O) groups excluding carboxylic acids is 2. The second kappa shape index (κ2) is 10.5. The highest BCUT2D eigenvalue weighted by atomic mass is 35.5. The zero-order valence-electron chi connectivity index (χ0n) is 20.5. The number of fused-ring (bicyclic) bond motifs is 5. The molecular formula is C25H33ClO11. The van der Waals surface area contributed by atoms with Crippen LogP contribution in [-0.2, 0) is 23.9 Å². The fourth-order valence-corrected chi connectivity index (χ4v) is 7.20. The maximum Gasteiger partial charge on any atom is 0.339 e. The van der Waals surface area contributed by atoms with Gasteiger partial charge in [-0.2, -0.15) is 0 Å². The van der Waals surface area contributed by atoms with E-state index in [1.54, 1.807) is 12.2 Å². The summed E-state index contributed by atoms with van der Waals surface area (Å²) in [5, 5.41) is 55.0. The van der Waals surface area contributed by atoms with E-state index < -0.39 is 47.2 Å². The van der Waals surface area contributed by atoms with Crippen molar-refractivity contribution < 1.29 is 54.6 Å². The number of allylic oxidation sites excluding steroid dienone is 4. The fourth-order valence-electron chi connectivity index (χ4n) is 7.10. The number of carboxylic acid groups (broad SMARTS) is 2. The second-order valence-electron chi connectivity index (χ2n) is 10.7. The van der Waals surface area contributed by atoms with Crippen molar-refractivity contribution in [2.24, 2.45) is 28.6 Å². The summed E-state index contributed by atoms with van der Waals surface area (Å²) in [5.74, 6) is -3.94. The average molecular weight is 545 g/mol. The third-order valence-corrected chi connectivity index (χ3v) is 9.09. The number of carbonyl (C=O) groups is 4. The number of aliphatic carboxylic acids is 2. The molecule has 0 amide bonds. The number of alkyl halides is 1. The number of ether oxygens (including phenoxy) is 1. The van der Waals surface area contributed by atoms with E-state index in [4.69, 9.17) is 36.8 Å². The molecule has 0 heterocycles. The molecule has 4 rings (SSSR count). The Bertz CT molecular complexity index is 1010. The summed E-state index contributed by atoms with van der Waals surface area (Å²) in [4.78, 5) is 43.9. The Morgan fingerprint density at radius 1 is 1.14 bits per heavy atom. The van der Waals surface area contributed by atoms with Gasteiger partial charge in [0.2, 0.25) is 0 Å². The highest BCUT2D eigenvalue weighted by Gasteiger charge is 2.69. The van der Waals surface area contributed by atoms with Crippen LogP contribution in [0, 0.1) is 28.6 Å². The van der Waals surface area contributed by atoms with Crippen LogP contribution in [0.25, 0.3) is 0 Å². The molecule has 6 N–H and O–H groups in total. The van der Waals surface area contributed by atoms with Crippen molar-refractivity contribution in [3.8, 4) is 0 Å². The monoisotopic (exact) mass is 544 g/mol. The van der Waals surface area contributed by atoms with Crippen LogP contribution in [0.2, 0.25) is 0 Å². The Morgan fingerprint density at radius 3 is 2.27 bits per heavy atom. The first-order valence-electron chi connectivity index (χ1n) is 12.0. The minimum Gasteiger partial charge on any atom is -0.479 e. The third-order valence-electron chi connectivity index (χ3n) is 8.98. The van der Waals surface area contributed by atoms with Crippen LogP contribution in [0.4, 0.5) is 0 Å². The smallest absolute Gasteiger partial charge is 0.339 e. The predicted octanol–water partition coefficient (Wildman–Crippen LogP) is 0.613. The summed E-state index contributed by atoms with van der Waals surface area (Å²) >= 11 is 5.56. The number of aliphatic hydroxyl groups is 4. The van der Waals surface area contributed by atoms with E-state index in [1.807, 2.05) is 13.0 Å². The van der Waals surface area contributed by atoms with Crippen LogP contribution in [0.15, 0.2) is 23.8 Å². The molecule has 37 heavy (non-hydrogen) atoms. The standard InChI is InChI=1S/C21H27ClO5.C4H6O6/c1-19-7-5-13(23)9-12(19)3-4-14-15-6-8-21(26,18(25)27-11-22)20(15,2)10-16(24)17(14)19;5-1(3(7)8)2(6)4(9)10/h5,7,9,14-17,24,26H,3-4,6,8,10-11H2,1-2H3;1-2,5-6H,(H,7,8)(H,9,10)/t14-,15-,16-,17+,19-,20-,21-;/m0./s1. The highest BCUT2D eigenvalue weighted by Crippen LogP contribution is 2.67. The first-order chi connectivity index (χ1) is 17.1. The number of ketones is 1. The van der Waals surface area contributed by atoms with Gasteiger partial charge in [0.25, 0.3) is 0 Å². The lowest BCUT2D eigenvalue weighted by Crippen LogP contribution is -2.61. The van der Waals surface area contributed by atoms with Crippen molar-refractivity contribution in [2.45, 2.75) is 69.9 Å². The lowest BCUT2D eigenvalue weighted by molar-refractivity contribution is -0.195. The minimum atomic E-state index is -2.27. The summed E-state index contributed by atoms with van der Waals surface area (Å²) in [6.07, 6.45) is 3.11. The molecule has 206 valence electrons. The summed E-state index contributed by atoms with van der Waals surface area (Å²) in [7, 11) is 0. The van der Waals surface area contributed by atoms with Gasteiger partial charge in [0.1, 0.15) is 0 Å². The van der Waals surface area contributed by atoms with Crippen molar-refractivity contribution in [3.63, 3.8) is 0 Å². The van der Waals surface area contributed by atoms with Crippen LogP contribution in [0.5, 0.6) is 0 Å². The summed E-state index contributed by atoms with van der Waals surface area (Å²) in [6, 6.07) is -0.290. The molecule has 11 nitrogen and oxygen atoms in total. The average Bonchev–Trinajstić information content (AvgIpc) is 3.10. The number of hydrogen-bond donors (Lipinski definition) is 6. The van der Waals surface area contributed by atoms with E-state index in [2.05, 4.69) is 6.92 Å². The summed E-state index contributed by atoms with van der Waals surface area (Å²) < 4.78 is 4.97. The molecule has 0 aromatic carbocycles. The number of hydrogen-bond acceptors (Lipinski definition) is 9. The van der Waals surface area contributed by atoms with Gasteiger partial charge < -0.3 is 35.4 Å². The van der Waals surface area contributed by atoms with Crippen LogP contribution in [0.3, 0.4) is 0 Å². The van der Waals surface area contributed by atoms with E-state index in [0.29, 0.717) is 12.8 Å². The lowest BCUT2D eigenvalue weighted by Gasteiger charge is -2.59. The van der Waals surface area contributed by atoms with Crippen molar-refractivity contribution in [2.75, 3.05) is 6.07 Å². The SMILES string of the molecule is C[C@]12C=CC(=O)C=C1CC[C@@H]1[C@@H]2[C@@H](O)C[C@@]2(C)[C@H]1CC[C@]2(O)C(=O)OCCl.O=C(O)C(O)C(O)C(=O)O. The minimum absolute atomic E-state index is 0.00937. The fraction of sp³-hybridized carbons (Fsp3) is 0.680. The quantitative estimate of drug-likeness (QED) is 0.209. The van der Waals surface area contributed by atoms with E-state index in [0.717, 1.165) is 24.8 Å². The molecule has 4 aliphatic rings. The largest absolute Gasteiger partial charge is 0.479 e. The zero-order valence-corrected chi connectivity index (χ0v) is 21.3. The van der Waals surface area contributed by atoms with Gasteiger partial charge in [-0.1, -0.05) is 37.1 Å². The van der Waals surface area contributed by atoms with E-state index >= 15 is 0 Å². The Kier molecular flexibility index (Phi) is 8.26. The van der Waals surface area contributed by atoms with Crippen LogP contribution in [-0.4, -0.2) is 84.3 Å². The Labute approximate surface area is 218 Å². The molecule has 2 unspecified atom stereocenters. The van der Waals surface area contributed by atoms with Gasteiger partial charge in [0.15, 0.2) is 29.7 Å². The molecule has 0 aliphatic heterocycles. The molecule has 9 atom stereocenters. The van der Waals surface area contributed by atoms with Crippen molar-refractivity contribution >= 4 is 35.3 Å².